The number of thiophene rings is 10. The molecule has 0 amide bonds. The maximum absolute atomic E-state index is 7.92. The molecule has 10 aromatic heterocycles. The molecule has 10 heterocycles. The summed E-state index contributed by atoms with van der Waals surface area (Å²) >= 11 is 19.4. The van der Waals surface area contributed by atoms with Crippen LogP contribution in [0.1, 0.15) is 51.3 Å². The van der Waals surface area contributed by atoms with E-state index in [-0.39, 0.29) is 0 Å². The van der Waals surface area contributed by atoms with Crippen molar-refractivity contribution in [3.8, 4) is 78.0 Å². The van der Waals surface area contributed by atoms with Gasteiger partial charge in [0.05, 0.1) is 0 Å². The summed E-state index contributed by atoms with van der Waals surface area (Å²) in [6, 6.07) is 50.9. The maximum atomic E-state index is 7.92. The lowest BCUT2D eigenvalue weighted by Crippen LogP contribution is -2.61. The van der Waals surface area contributed by atoms with Crippen LogP contribution in [0.2, 0.25) is 24.2 Å². The Kier molecular flexibility index (Phi) is 14.0. The fourth-order valence-corrected chi connectivity index (χ4v) is 32.5. The van der Waals surface area contributed by atoms with Crippen LogP contribution >= 0.6 is 113 Å². The molecule has 0 aromatic carbocycles. The van der Waals surface area contributed by atoms with E-state index in [1.54, 1.807) is 0 Å². The molecule has 0 aliphatic carbocycles. The van der Waals surface area contributed by atoms with Crippen molar-refractivity contribution in [3.05, 3.63) is 131 Å². The van der Waals surface area contributed by atoms with Gasteiger partial charge in [0.15, 0.2) is 0 Å². The zero-order valence-electron chi connectivity index (χ0n) is 37.3. The second-order valence-corrected chi connectivity index (χ2v) is 36.5. The maximum Gasteiger partial charge on any atom is 0.222 e. The van der Waals surface area contributed by atoms with Gasteiger partial charge in [-0.05, 0) is 158 Å². The van der Waals surface area contributed by atoms with Crippen molar-refractivity contribution in [2.75, 3.05) is 0 Å². The molecule has 0 aliphatic rings. The average Bonchev–Trinajstić information content (AvgIpc) is 4.18. The molecule has 0 saturated heterocycles. The van der Waals surface area contributed by atoms with Crippen molar-refractivity contribution in [3.63, 3.8) is 0 Å². The van der Waals surface area contributed by atoms with Crippen molar-refractivity contribution in [1.29, 1.82) is 0 Å². The molecule has 332 valence electrons. The molecule has 13 heteroatoms. The number of aryl methyl sites for hydroxylation is 2. The van der Waals surface area contributed by atoms with Crippen LogP contribution in [0.5, 0.6) is 0 Å². The van der Waals surface area contributed by atoms with Crippen molar-refractivity contribution >= 4 is 139 Å². The van der Waals surface area contributed by atoms with Gasteiger partial charge < -0.3 is 4.12 Å². The summed E-state index contributed by atoms with van der Waals surface area (Å²) < 4.78 is 10.9. The van der Waals surface area contributed by atoms with Gasteiger partial charge in [0.25, 0.3) is 0 Å². The number of rotatable bonds is 18. The largest absolute Gasteiger partial charge is 0.447 e. The molecule has 10 rings (SSSR count). The van der Waals surface area contributed by atoms with E-state index in [9.17, 15) is 0 Å². The molecule has 65 heavy (non-hydrogen) atoms. The van der Waals surface area contributed by atoms with Crippen LogP contribution in [0.25, 0.3) is 78.0 Å². The van der Waals surface area contributed by atoms with E-state index in [1.165, 1.54) is 96.8 Å². The van der Waals surface area contributed by atoms with Crippen molar-refractivity contribution in [2.45, 2.75) is 78.6 Å². The summed E-state index contributed by atoms with van der Waals surface area (Å²) in [5.41, 5.74) is 0. The van der Waals surface area contributed by atoms with Crippen LogP contribution in [0, 0.1) is 0 Å². The molecule has 0 spiro atoms. The first-order valence-corrected chi connectivity index (χ1v) is 35.3. The van der Waals surface area contributed by atoms with Gasteiger partial charge in [-0.1, -0.05) is 41.5 Å². The molecule has 0 fully saturated rings. The molecular formula is C52H50OS10Si2. The van der Waals surface area contributed by atoms with Gasteiger partial charge in [-0.2, -0.15) is 0 Å². The highest BCUT2D eigenvalue weighted by Gasteiger charge is 2.46. The summed E-state index contributed by atoms with van der Waals surface area (Å²) in [5, 5.41) is 0. The molecular weight excluding hydrogens is 1020 g/mol. The van der Waals surface area contributed by atoms with Crippen LogP contribution in [-0.2, 0) is 17.0 Å². The van der Waals surface area contributed by atoms with Gasteiger partial charge in [0, 0.05) is 96.8 Å². The van der Waals surface area contributed by atoms with E-state index < -0.39 is 16.6 Å². The van der Waals surface area contributed by atoms with Crippen molar-refractivity contribution < 1.29 is 4.12 Å². The Morgan fingerprint density at radius 3 is 0.677 bits per heavy atom. The zero-order chi connectivity index (χ0) is 44.7. The summed E-state index contributed by atoms with van der Waals surface area (Å²) in [4.78, 5) is 24.7. The van der Waals surface area contributed by atoms with E-state index in [2.05, 4.69) is 163 Å². The van der Waals surface area contributed by atoms with Gasteiger partial charge in [0.2, 0.25) is 16.6 Å². The van der Waals surface area contributed by atoms with Crippen LogP contribution < -0.4 is 9.00 Å². The molecule has 1 nitrogen and oxygen atoms in total. The predicted octanol–water partition coefficient (Wildman–Crippen LogP) is 19.9. The highest BCUT2D eigenvalue weighted by atomic mass is 32.1. The predicted molar refractivity (Wildman–Crippen MR) is 308 cm³/mol. The van der Waals surface area contributed by atoms with E-state index >= 15 is 0 Å². The first-order chi connectivity index (χ1) is 31.8. The minimum atomic E-state index is -2.26. The van der Waals surface area contributed by atoms with Crippen LogP contribution in [0.15, 0.2) is 121 Å². The molecule has 0 radical (unpaired) electrons. The lowest BCUT2D eigenvalue weighted by Gasteiger charge is -2.40. The highest BCUT2D eigenvalue weighted by Crippen LogP contribution is 2.47. The molecule has 10 aromatic rings. The minimum absolute atomic E-state index is 1.10. The molecule has 0 N–H and O–H groups in total. The van der Waals surface area contributed by atoms with Crippen molar-refractivity contribution in [1.82, 2.24) is 0 Å². The van der Waals surface area contributed by atoms with Crippen molar-refractivity contribution in [2.24, 2.45) is 0 Å². The van der Waals surface area contributed by atoms with Gasteiger partial charge in [-0.25, -0.2) is 0 Å². The third kappa shape index (κ3) is 9.20. The monoisotopic (exact) mass is 1070 g/mol. The van der Waals surface area contributed by atoms with E-state index in [1.807, 2.05) is 113 Å². The second-order valence-electron chi connectivity index (χ2n) is 16.1. The Morgan fingerprint density at radius 1 is 0.262 bits per heavy atom. The summed E-state index contributed by atoms with van der Waals surface area (Å²) in [7, 11) is -4.52. The second kappa shape index (κ2) is 19.8. The quantitative estimate of drug-likeness (QED) is 0.0778. The number of hydrogen-bond donors (Lipinski definition) is 0. The molecule has 0 aliphatic heterocycles. The molecule has 0 bridgehead atoms. The minimum Gasteiger partial charge on any atom is -0.447 e. The standard InChI is InChI=1S/C52H50OS10Si2/c1-7-33-13-15-35(54-33)37-17-19-39(56-37)41-21-23-43(58-41)45-25-27-47(60-45)49-29-31-51(62-49)64(9-3,10-4)53-65(11-5,12-6)52-32-30-50(63-52)48-28-26-46(61-48)44-24-22-42(59-44)40-20-18-38(57-40)36-16-14-34(8-2)55-36/h13-32H,7-12H2,1-6H3. The average molecular weight is 1070 g/mol. The van der Waals surface area contributed by atoms with Gasteiger partial charge >= 0.3 is 0 Å². The van der Waals surface area contributed by atoms with E-state index in [4.69, 9.17) is 4.12 Å². The topological polar surface area (TPSA) is 9.23 Å². The van der Waals surface area contributed by atoms with E-state index in [0.717, 1.165) is 37.0 Å². The zero-order valence-corrected chi connectivity index (χ0v) is 47.4. The molecule has 0 atom stereocenters. The summed E-state index contributed by atoms with van der Waals surface area (Å²) in [6.45, 7) is 14.0. The lowest BCUT2D eigenvalue weighted by molar-refractivity contribution is 0.542. The van der Waals surface area contributed by atoms with Crippen LogP contribution in [0.4, 0.5) is 0 Å². The number of hydrogen-bond acceptors (Lipinski definition) is 11. The molecule has 0 unspecified atom stereocenters. The van der Waals surface area contributed by atoms with Crippen LogP contribution in [-0.4, -0.2) is 16.6 Å². The fraction of sp³-hybridized carbons (Fsp3) is 0.231. The third-order valence-corrected chi connectivity index (χ3v) is 37.4. The molecule has 0 saturated carbocycles. The Morgan fingerprint density at radius 2 is 0.462 bits per heavy atom. The van der Waals surface area contributed by atoms with Gasteiger partial charge in [-0.3, -0.25) is 0 Å². The summed E-state index contributed by atoms with van der Waals surface area (Å²) in [6.07, 6.45) is 2.20. The Bertz CT molecular complexity index is 2940. The van der Waals surface area contributed by atoms with Gasteiger partial charge in [-0.15, -0.1) is 113 Å². The van der Waals surface area contributed by atoms with Gasteiger partial charge in [0.1, 0.15) is 0 Å². The third-order valence-electron chi connectivity index (χ3n) is 12.4. The Balaban J connectivity index is 0.840. The lowest BCUT2D eigenvalue weighted by atomic mass is 10.3. The Labute approximate surface area is 426 Å². The van der Waals surface area contributed by atoms with E-state index in [0.29, 0.717) is 0 Å². The fourth-order valence-electron chi connectivity index (χ4n) is 8.41. The Hall–Kier alpha value is -2.61. The van der Waals surface area contributed by atoms with Crippen LogP contribution in [0.3, 0.4) is 0 Å². The summed E-state index contributed by atoms with van der Waals surface area (Å²) in [5.74, 6) is 0. The normalized spacial score (nSPS) is 12.3. The first kappa shape index (κ1) is 46.1. The highest BCUT2D eigenvalue weighted by molar-refractivity contribution is 7.35. The SMILES string of the molecule is CCc1ccc(-c2ccc(-c3ccc(-c4ccc(-c5ccc([Si](CC)(CC)O[Si](CC)(CC)c6ccc(-c7ccc(-c8ccc(-c9ccc(-c%10ccc(CC)s%10)s9)s8)s7)s6)s5)s4)s3)s2)s1. The first-order valence-electron chi connectivity index (χ1n) is 22.5. The smallest absolute Gasteiger partial charge is 0.222 e.